The summed E-state index contributed by atoms with van der Waals surface area (Å²) in [5.41, 5.74) is 3.52. The Labute approximate surface area is 98.2 Å². The monoisotopic (exact) mass is 228 g/mol. The van der Waals surface area contributed by atoms with Gasteiger partial charge in [-0.2, -0.15) is 0 Å². The molecule has 0 radical (unpaired) electrons. The third kappa shape index (κ3) is 1.36. The number of hydrogen-bond acceptors (Lipinski definition) is 2. The lowest BCUT2D eigenvalue weighted by molar-refractivity contribution is 0.886. The second kappa shape index (κ2) is 3.46. The third-order valence-electron chi connectivity index (χ3n) is 2.91. The minimum absolute atomic E-state index is 1.05. The summed E-state index contributed by atoms with van der Waals surface area (Å²) >= 11 is 1.76. The van der Waals surface area contributed by atoms with Crippen LogP contribution in [0.2, 0.25) is 0 Å². The molecule has 0 N–H and O–H groups in total. The highest BCUT2D eigenvalue weighted by molar-refractivity contribution is 7.13. The van der Waals surface area contributed by atoms with Gasteiger partial charge < -0.3 is 4.57 Å². The van der Waals surface area contributed by atoms with Crippen LogP contribution in [0.4, 0.5) is 0 Å². The number of thiophene rings is 1. The van der Waals surface area contributed by atoms with Crippen LogP contribution in [0, 0.1) is 6.92 Å². The van der Waals surface area contributed by atoms with Crippen molar-refractivity contribution in [1.29, 1.82) is 0 Å². The second-order valence-electron chi connectivity index (χ2n) is 3.90. The number of nitrogens with zero attached hydrogens (tertiary/aromatic N) is 2. The smallest absolute Gasteiger partial charge is 0.106 e. The molecule has 3 aromatic rings. The molecule has 0 aliphatic carbocycles. The van der Waals surface area contributed by atoms with Gasteiger partial charge in [0.1, 0.15) is 5.82 Å². The molecule has 3 heteroatoms. The van der Waals surface area contributed by atoms with Crippen molar-refractivity contribution in [1.82, 2.24) is 9.55 Å². The van der Waals surface area contributed by atoms with E-state index in [2.05, 4.69) is 52.3 Å². The van der Waals surface area contributed by atoms with Gasteiger partial charge in [0.25, 0.3) is 0 Å². The van der Waals surface area contributed by atoms with Crippen molar-refractivity contribution < 1.29 is 0 Å². The van der Waals surface area contributed by atoms with E-state index in [1.54, 1.807) is 11.3 Å². The van der Waals surface area contributed by atoms with E-state index in [0.717, 1.165) is 11.3 Å². The predicted molar refractivity (Wildman–Crippen MR) is 68.8 cm³/mol. The van der Waals surface area contributed by atoms with E-state index in [0.29, 0.717) is 0 Å². The fraction of sp³-hybridized carbons (Fsp3) is 0.154. The maximum absolute atomic E-state index is 4.55. The van der Waals surface area contributed by atoms with Crippen LogP contribution >= 0.6 is 11.3 Å². The van der Waals surface area contributed by atoms with E-state index in [9.17, 15) is 0 Å². The number of fused-ring (bicyclic) bond motifs is 1. The summed E-state index contributed by atoms with van der Waals surface area (Å²) in [4.78, 5) is 5.85. The molecule has 16 heavy (non-hydrogen) atoms. The molecule has 1 aromatic carbocycles. The lowest BCUT2D eigenvalue weighted by atomic mass is 10.1. The fourth-order valence-corrected chi connectivity index (χ4v) is 2.64. The zero-order chi connectivity index (χ0) is 11.1. The van der Waals surface area contributed by atoms with Crippen LogP contribution in [-0.4, -0.2) is 9.55 Å². The Balaban J connectivity index is 2.24. The summed E-state index contributed by atoms with van der Waals surface area (Å²) in [6.45, 7) is 2.03. The lowest BCUT2D eigenvalue weighted by Gasteiger charge is -1.99. The Hall–Kier alpha value is -1.61. The molecule has 0 amide bonds. The van der Waals surface area contributed by atoms with Gasteiger partial charge in [0, 0.05) is 11.9 Å². The van der Waals surface area contributed by atoms with Crippen LogP contribution in [-0.2, 0) is 7.05 Å². The molecular formula is C13H12N2S. The first-order valence-electron chi connectivity index (χ1n) is 5.22. The number of aromatic nitrogens is 2. The zero-order valence-corrected chi connectivity index (χ0v) is 10.1. The molecule has 0 spiro atoms. The van der Waals surface area contributed by atoms with Gasteiger partial charge >= 0.3 is 0 Å². The van der Waals surface area contributed by atoms with Gasteiger partial charge in [-0.3, -0.25) is 0 Å². The van der Waals surface area contributed by atoms with Crippen molar-refractivity contribution in [2.24, 2.45) is 7.05 Å². The Morgan fingerprint density at radius 1 is 1.25 bits per heavy atom. The van der Waals surface area contributed by atoms with E-state index in [4.69, 9.17) is 0 Å². The molecule has 80 valence electrons. The van der Waals surface area contributed by atoms with Crippen molar-refractivity contribution in [2.75, 3.05) is 0 Å². The summed E-state index contributed by atoms with van der Waals surface area (Å²) < 4.78 is 2.12. The van der Waals surface area contributed by atoms with Crippen LogP contribution in [0.25, 0.3) is 21.5 Å². The van der Waals surface area contributed by atoms with Crippen molar-refractivity contribution in [2.45, 2.75) is 6.92 Å². The number of imidazole rings is 1. The van der Waals surface area contributed by atoms with Gasteiger partial charge in [0.05, 0.1) is 11.0 Å². The molecule has 0 unspecified atom stereocenters. The molecule has 0 saturated heterocycles. The second-order valence-corrected chi connectivity index (χ2v) is 4.85. The first-order chi connectivity index (χ1) is 7.75. The summed E-state index contributed by atoms with van der Waals surface area (Å²) in [6.07, 6.45) is 0. The molecule has 0 aliphatic heterocycles. The van der Waals surface area contributed by atoms with Gasteiger partial charge in [-0.1, -0.05) is 12.1 Å². The Kier molecular flexibility index (Phi) is 2.07. The highest BCUT2D eigenvalue weighted by atomic mass is 32.1. The maximum atomic E-state index is 4.55. The summed E-state index contributed by atoms with van der Waals surface area (Å²) in [6, 6.07) is 10.7. The fourth-order valence-electron chi connectivity index (χ4n) is 1.92. The van der Waals surface area contributed by atoms with E-state index < -0.39 is 0 Å². The molecule has 0 aliphatic rings. The lowest BCUT2D eigenvalue weighted by Crippen LogP contribution is -1.89. The van der Waals surface area contributed by atoms with Crippen molar-refractivity contribution in [3.63, 3.8) is 0 Å². The van der Waals surface area contributed by atoms with Crippen molar-refractivity contribution in [3.8, 4) is 10.4 Å². The van der Waals surface area contributed by atoms with Gasteiger partial charge in [-0.05, 0) is 36.1 Å². The summed E-state index contributed by atoms with van der Waals surface area (Å²) in [5, 5.41) is 2.10. The topological polar surface area (TPSA) is 17.8 Å². The maximum Gasteiger partial charge on any atom is 0.106 e. The van der Waals surface area contributed by atoms with Crippen LogP contribution in [0.15, 0.2) is 35.7 Å². The van der Waals surface area contributed by atoms with Gasteiger partial charge in [0.2, 0.25) is 0 Å². The van der Waals surface area contributed by atoms with Crippen molar-refractivity contribution >= 4 is 22.4 Å². The molecule has 2 aromatic heterocycles. The molecule has 0 bridgehead atoms. The molecule has 0 atom stereocenters. The SMILES string of the molecule is Cc1nc2cc(-c3cccs3)ccc2n1C. The quantitative estimate of drug-likeness (QED) is 0.622. The minimum Gasteiger partial charge on any atom is -0.331 e. The Bertz CT molecular complexity index is 635. The first kappa shape index (κ1) is 9.60. The number of hydrogen-bond donors (Lipinski definition) is 0. The molecule has 0 fully saturated rings. The zero-order valence-electron chi connectivity index (χ0n) is 9.27. The van der Waals surface area contributed by atoms with E-state index >= 15 is 0 Å². The largest absolute Gasteiger partial charge is 0.331 e. The molecule has 0 saturated carbocycles. The number of benzene rings is 1. The van der Waals surface area contributed by atoms with Crippen LogP contribution in [0.3, 0.4) is 0 Å². The predicted octanol–water partition coefficient (Wildman–Crippen LogP) is 3.61. The Morgan fingerprint density at radius 2 is 2.12 bits per heavy atom. The average Bonchev–Trinajstić information content (AvgIpc) is 2.88. The first-order valence-corrected chi connectivity index (χ1v) is 6.10. The van der Waals surface area contributed by atoms with Crippen LogP contribution < -0.4 is 0 Å². The average molecular weight is 228 g/mol. The van der Waals surface area contributed by atoms with E-state index in [-0.39, 0.29) is 0 Å². The van der Waals surface area contributed by atoms with Gasteiger partial charge in [-0.15, -0.1) is 11.3 Å². The summed E-state index contributed by atoms with van der Waals surface area (Å²) in [5.74, 6) is 1.05. The number of aryl methyl sites for hydroxylation is 2. The van der Waals surface area contributed by atoms with E-state index in [1.807, 2.05) is 6.92 Å². The van der Waals surface area contributed by atoms with Gasteiger partial charge in [-0.25, -0.2) is 4.98 Å². The molecule has 2 heterocycles. The van der Waals surface area contributed by atoms with E-state index in [1.165, 1.54) is 16.0 Å². The highest BCUT2D eigenvalue weighted by Gasteiger charge is 2.06. The Morgan fingerprint density at radius 3 is 2.88 bits per heavy atom. The van der Waals surface area contributed by atoms with Crippen LogP contribution in [0.5, 0.6) is 0 Å². The normalized spacial score (nSPS) is 11.1. The highest BCUT2D eigenvalue weighted by Crippen LogP contribution is 2.27. The van der Waals surface area contributed by atoms with Crippen molar-refractivity contribution in [3.05, 3.63) is 41.5 Å². The molecular weight excluding hydrogens is 216 g/mol. The minimum atomic E-state index is 1.05. The van der Waals surface area contributed by atoms with Gasteiger partial charge in [0.15, 0.2) is 0 Å². The standard InChI is InChI=1S/C13H12N2S/c1-9-14-11-8-10(13-4-3-7-16-13)5-6-12(11)15(9)2/h3-8H,1-2H3. The third-order valence-corrected chi connectivity index (χ3v) is 3.83. The summed E-state index contributed by atoms with van der Waals surface area (Å²) in [7, 11) is 2.05. The molecule has 2 nitrogen and oxygen atoms in total. The molecule has 3 rings (SSSR count). The van der Waals surface area contributed by atoms with Crippen LogP contribution in [0.1, 0.15) is 5.82 Å². The number of rotatable bonds is 1.